The molecule has 0 aromatic rings. The lowest BCUT2D eigenvalue weighted by atomic mass is 10.7. The van der Waals surface area contributed by atoms with Crippen molar-refractivity contribution >= 4 is 34.5 Å². The first kappa shape index (κ1) is 5.78. The highest BCUT2D eigenvalue weighted by atomic mass is 32.1. The third-order valence-electron chi connectivity index (χ3n) is 0.211. The predicted octanol–water partition coefficient (Wildman–Crippen LogP) is 0.158. The first-order chi connectivity index (χ1) is 2.64. The van der Waals surface area contributed by atoms with E-state index in [0.29, 0.717) is 0 Å². The molecule has 0 bridgehead atoms. The Morgan fingerprint density at radius 3 is 1.67 bits per heavy atom. The molecule has 0 aliphatic carbocycles. The van der Waals surface area contributed by atoms with Gasteiger partial charge in [-0.05, 0) is 12.2 Å². The van der Waals surface area contributed by atoms with Crippen molar-refractivity contribution in [3.63, 3.8) is 0 Å². The van der Waals surface area contributed by atoms with E-state index in [1.54, 1.807) is 0 Å². The zero-order valence-corrected chi connectivity index (χ0v) is 4.47. The van der Waals surface area contributed by atoms with E-state index in [4.69, 9.17) is 10.8 Å². The molecule has 0 aromatic carbocycles. The molecule has 0 aromatic heterocycles. The molecular formula is C2H3NOS2. The molecular weight excluding hydrogens is 118 g/mol. The second kappa shape index (κ2) is 2.04. The summed E-state index contributed by atoms with van der Waals surface area (Å²) in [7, 11) is 0. The van der Waals surface area contributed by atoms with Gasteiger partial charge in [0.1, 0.15) is 0 Å². The minimum absolute atomic E-state index is 0.120. The monoisotopic (exact) mass is 121 g/mol. The van der Waals surface area contributed by atoms with Crippen LogP contribution in [0.5, 0.6) is 0 Å². The molecule has 0 aliphatic heterocycles. The van der Waals surface area contributed by atoms with Crippen LogP contribution in [0.3, 0.4) is 0 Å². The van der Waals surface area contributed by atoms with Crippen LogP contribution < -0.4 is 5.73 Å². The summed E-state index contributed by atoms with van der Waals surface area (Å²) in [4.78, 5) is -0.120. The lowest BCUT2D eigenvalue weighted by Gasteiger charge is -1.82. The summed E-state index contributed by atoms with van der Waals surface area (Å²) in [6.07, 6.45) is 0. The summed E-state index contributed by atoms with van der Waals surface area (Å²) < 4.78 is 0. The van der Waals surface area contributed by atoms with Crippen LogP contribution in [0.2, 0.25) is 0 Å². The van der Waals surface area contributed by atoms with Gasteiger partial charge in [-0.2, -0.15) is 0 Å². The van der Waals surface area contributed by atoms with Crippen molar-refractivity contribution < 1.29 is 5.11 Å². The molecule has 3 N–H and O–H groups in total. The van der Waals surface area contributed by atoms with Crippen LogP contribution in [0.15, 0.2) is 0 Å². The fourth-order valence-electron chi connectivity index (χ4n) is 0. The van der Waals surface area contributed by atoms with Crippen molar-refractivity contribution in [2.24, 2.45) is 5.73 Å². The predicted molar refractivity (Wildman–Crippen MR) is 32.0 cm³/mol. The summed E-state index contributed by atoms with van der Waals surface area (Å²) in [6, 6.07) is 0. The zero-order chi connectivity index (χ0) is 5.15. The van der Waals surface area contributed by atoms with Gasteiger partial charge in [-0.1, -0.05) is 12.2 Å². The fraction of sp³-hybridized carbons (Fsp3) is 0. The molecule has 0 unspecified atom stereocenters. The van der Waals surface area contributed by atoms with Crippen molar-refractivity contribution in [2.45, 2.75) is 0 Å². The molecule has 0 heterocycles. The fourth-order valence-corrected chi connectivity index (χ4v) is 0. The Balaban J connectivity index is 3.57. The number of aliphatic hydroxyl groups is 1. The maximum absolute atomic E-state index is 8.09. The Morgan fingerprint density at radius 1 is 1.50 bits per heavy atom. The number of thiocarbonyl (C=S) groups is 2. The Labute approximate surface area is 46.0 Å². The van der Waals surface area contributed by atoms with Crippen molar-refractivity contribution in [3.8, 4) is 0 Å². The largest absolute Gasteiger partial charge is 0.497 e. The van der Waals surface area contributed by atoms with Crippen molar-refractivity contribution in [1.82, 2.24) is 0 Å². The average molecular weight is 121 g/mol. The quantitative estimate of drug-likeness (QED) is 0.448. The van der Waals surface area contributed by atoms with Gasteiger partial charge < -0.3 is 10.8 Å². The standard InChI is InChI=1S/C2H3NOS2/c3-1(5)2(4)6/h(H2,3,5)(H,4,6). The maximum atomic E-state index is 8.09. The van der Waals surface area contributed by atoms with Crippen LogP contribution in [0.25, 0.3) is 0 Å². The van der Waals surface area contributed by atoms with Crippen LogP contribution in [0.1, 0.15) is 0 Å². The minimum Gasteiger partial charge on any atom is -0.497 e. The van der Waals surface area contributed by atoms with E-state index < -0.39 is 5.05 Å². The number of rotatable bonds is 0. The molecule has 0 saturated heterocycles. The van der Waals surface area contributed by atoms with Crippen LogP contribution >= 0.6 is 24.4 Å². The molecule has 0 rings (SSSR count). The van der Waals surface area contributed by atoms with Gasteiger partial charge in [0.25, 0.3) is 0 Å². The molecule has 34 valence electrons. The highest BCUT2D eigenvalue weighted by molar-refractivity contribution is 7.88. The van der Waals surface area contributed by atoms with E-state index in [1.165, 1.54) is 0 Å². The molecule has 0 amide bonds. The third kappa shape index (κ3) is 2.04. The van der Waals surface area contributed by atoms with Crippen LogP contribution in [-0.2, 0) is 0 Å². The lowest BCUT2D eigenvalue weighted by molar-refractivity contribution is 0.579. The zero-order valence-electron chi connectivity index (χ0n) is 2.84. The SMILES string of the molecule is NC(=S)C(O)=S. The number of hydrogen-bond donors (Lipinski definition) is 2. The molecule has 0 radical (unpaired) electrons. The van der Waals surface area contributed by atoms with E-state index >= 15 is 0 Å². The number of nitrogens with two attached hydrogens (primary N) is 1. The highest BCUT2D eigenvalue weighted by Gasteiger charge is 1.88. The first-order valence-corrected chi connectivity index (χ1v) is 1.99. The molecule has 0 saturated carbocycles. The second-order valence-electron chi connectivity index (χ2n) is 0.669. The van der Waals surface area contributed by atoms with E-state index in [1.807, 2.05) is 0 Å². The first-order valence-electron chi connectivity index (χ1n) is 1.17. The van der Waals surface area contributed by atoms with Gasteiger partial charge in [0.2, 0.25) is 5.05 Å². The molecule has 2 nitrogen and oxygen atoms in total. The Morgan fingerprint density at radius 2 is 1.67 bits per heavy atom. The van der Waals surface area contributed by atoms with Crippen LogP contribution in [0.4, 0.5) is 0 Å². The Bertz CT molecular complexity index is 77.5. The van der Waals surface area contributed by atoms with Crippen molar-refractivity contribution in [1.29, 1.82) is 0 Å². The number of hydrogen-bond acceptors (Lipinski definition) is 2. The highest BCUT2D eigenvalue weighted by Crippen LogP contribution is 1.66. The number of aliphatic hydroxyl groups excluding tert-OH is 1. The Hall–Kier alpha value is -0.220. The average Bonchev–Trinajstić information content (AvgIpc) is 1.36. The lowest BCUT2D eigenvalue weighted by Crippen LogP contribution is -2.17. The van der Waals surface area contributed by atoms with Gasteiger partial charge in [0, 0.05) is 0 Å². The van der Waals surface area contributed by atoms with E-state index in [2.05, 4.69) is 24.4 Å². The van der Waals surface area contributed by atoms with Gasteiger partial charge in [-0.3, -0.25) is 0 Å². The molecule has 4 heteroatoms. The van der Waals surface area contributed by atoms with Gasteiger partial charge in [0.05, 0.1) is 0 Å². The Kier molecular flexibility index (Phi) is 1.97. The van der Waals surface area contributed by atoms with E-state index in [9.17, 15) is 0 Å². The van der Waals surface area contributed by atoms with Crippen LogP contribution in [0, 0.1) is 0 Å². The van der Waals surface area contributed by atoms with E-state index in [0.717, 1.165) is 0 Å². The van der Waals surface area contributed by atoms with Gasteiger partial charge in [-0.25, -0.2) is 0 Å². The van der Waals surface area contributed by atoms with Crippen molar-refractivity contribution in [3.05, 3.63) is 0 Å². The molecule has 0 fully saturated rings. The van der Waals surface area contributed by atoms with Gasteiger partial charge in [0.15, 0.2) is 4.99 Å². The summed E-state index contributed by atoms with van der Waals surface area (Å²) in [5.74, 6) is 0. The molecule has 6 heavy (non-hydrogen) atoms. The summed E-state index contributed by atoms with van der Waals surface area (Å²) in [6.45, 7) is 0. The second-order valence-corrected chi connectivity index (χ2v) is 1.50. The summed E-state index contributed by atoms with van der Waals surface area (Å²) in [5, 5.41) is 7.70. The van der Waals surface area contributed by atoms with Gasteiger partial charge >= 0.3 is 0 Å². The topological polar surface area (TPSA) is 46.2 Å². The summed E-state index contributed by atoms with van der Waals surface area (Å²) >= 11 is 8.31. The van der Waals surface area contributed by atoms with E-state index in [-0.39, 0.29) is 4.99 Å². The minimum atomic E-state index is -0.398. The molecule has 0 spiro atoms. The van der Waals surface area contributed by atoms with Crippen molar-refractivity contribution in [2.75, 3.05) is 0 Å². The van der Waals surface area contributed by atoms with Gasteiger partial charge in [-0.15, -0.1) is 0 Å². The molecule has 0 atom stereocenters. The maximum Gasteiger partial charge on any atom is 0.216 e. The summed E-state index contributed by atoms with van der Waals surface area (Å²) in [5.41, 5.74) is 4.78. The third-order valence-corrected chi connectivity index (χ3v) is 0.753. The normalized spacial score (nSPS) is 7.33. The molecule has 0 aliphatic rings. The van der Waals surface area contributed by atoms with Crippen LogP contribution in [-0.4, -0.2) is 15.1 Å². The smallest absolute Gasteiger partial charge is 0.216 e.